The Balaban J connectivity index is 2.57. The zero-order valence-electron chi connectivity index (χ0n) is 9.56. The molecule has 0 aliphatic carbocycles. The van der Waals surface area contributed by atoms with Crippen molar-refractivity contribution in [2.75, 3.05) is 25.6 Å². The molecule has 4 heteroatoms. The molecule has 0 aromatic heterocycles. The van der Waals surface area contributed by atoms with Crippen molar-refractivity contribution in [2.45, 2.75) is 13.0 Å². The van der Waals surface area contributed by atoms with Crippen molar-refractivity contribution in [3.63, 3.8) is 0 Å². The molecule has 0 amide bonds. The average molecular weight is 220 g/mol. The van der Waals surface area contributed by atoms with E-state index in [-0.39, 0.29) is 12.6 Å². The van der Waals surface area contributed by atoms with Crippen LogP contribution in [0.3, 0.4) is 0 Å². The molecule has 1 unspecified atom stereocenters. The highest BCUT2D eigenvalue weighted by Crippen LogP contribution is 2.17. The van der Waals surface area contributed by atoms with Gasteiger partial charge in [-0.1, -0.05) is 6.07 Å². The average Bonchev–Trinajstić information content (AvgIpc) is 2.27. The van der Waals surface area contributed by atoms with E-state index in [9.17, 15) is 0 Å². The first-order chi connectivity index (χ1) is 7.76. The Labute approximate surface area is 95.8 Å². The summed E-state index contributed by atoms with van der Waals surface area (Å²) in [5.74, 6) is 0.691. The van der Waals surface area contributed by atoms with Gasteiger partial charge in [0.05, 0.1) is 6.61 Å². The van der Waals surface area contributed by atoms with E-state index < -0.39 is 0 Å². The first kappa shape index (κ1) is 12.3. The lowest BCUT2D eigenvalue weighted by molar-refractivity contribution is 0.190. The normalized spacial score (nSPS) is 11.6. The second-order valence-corrected chi connectivity index (χ2v) is 3.48. The van der Waals surface area contributed by atoms with E-state index in [0.717, 1.165) is 5.69 Å². The largest absolute Gasteiger partial charge is 0.479 e. The summed E-state index contributed by atoms with van der Waals surface area (Å²) in [5, 5.41) is 11.7. The van der Waals surface area contributed by atoms with E-state index in [1.54, 1.807) is 7.11 Å². The number of anilines is 1. The van der Waals surface area contributed by atoms with Gasteiger partial charge in [0.1, 0.15) is 11.8 Å². The van der Waals surface area contributed by atoms with Gasteiger partial charge in [0.25, 0.3) is 0 Å². The Hall–Kier alpha value is -1.73. The van der Waals surface area contributed by atoms with Crippen LogP contribution in [0.15, 0.2) is 24.3 Å². The molecule has 0 saturated heterocycles. The van der Waals surface area contributed by atoms with Crippen LogP contribution in [0.1, 0.15) is 6.92 Å². The Morgan fingerprint density at radius 3 is 3.00 bits per heavy atom. The number of hydrogen-bond donors (Lipinski definition) is 1. The lowest BCUT2D eigenvalue weighted by Gasteiger charge is -2.14. The van der Waals surface area contributed by atoms with Gasteiger partial charge in [-0.3, -0.25) is 0 Å². The van der Waals surface area contributed by atoms with Crippen molar-refractivity contribution in [2.24, 2.45) is 0 Å². The second-order valence-electron chi connectivity index (χ2n) is 3.48. The molecule has 1 atom stereocenters. The van der Waals surface area contributed by atoms with Crippen LogP contribution in [0.5, 0.6) is 5.75 Å². The SMILES string of the molecule is COCC(C)Nc1cccc(OCC#N)c1. The number of ether oxygens (including phenoxy) is 2. The van der Waals surface area contributed by atoms with Crippen molar-refractivity contribution in [1.29, 1.82) is 5.26 Å². The van der Waals surface area contributed by atoms with Crippen LogP contribution in [-0.2, 0) is 4.74 Å². The van der Waals surface area contributed by atoms with Gasteiger partial charge >= 0.3 is 0 Å². The van der Waals surface area contributed by atoms with Crippen LogP contribution < -0.4 is 10.1 Å². The molecule has 0 spiro atoms. The molecule has 1 rings (SSSR count). The van der Waals surface area contributed by atoms with Crippen molar-refractivity contribution < 1.29 is 9.47 Å². The Morgan fingerprint density at radius 2 is 2.31 bits per heavy atom. The first-order valence-electron chi connectivity index (χ1n) is 5.11. The van der Waals surface area contributed by atoms with Crippen molar-refractivity contribution >= 4 is 5.69 Å². The summed E-state index contributed by atoms with van der Waals surface area (Å²) in [6.45, 7) is 2.74. The highest BCUT2D eigenvalue weighted by Gasteiger charge is 2.02. The van der Waals surface area contributed by atoms with E-state index in [1.807, 2.05) is 37.3 Å². The van der Waals surface area contributed by atoms with E-state index in [4.69, 9.17) is 14.7 Å². The molecule has 0 saturated carbocycles. The zero-order valence-corrected chi connectivity index (χ0v) is 9.56. The highest BCUT2D eigenvalue weighted by molar-refractivity contribution is 5.48. The van der Waals surface area contributed by atoms with Gasteiger partial charge in [-0.05, 0) is 19.1 Å². The van der Waals surface area contributed by atoms with Crippen molar-refractivity contribution in [3.8, 4) is 11.8 Å². The van der Waals surface area contributed by atoms with Crippen LogP contribution in [0, 0.1) is 11.3 Å². The molecule has 0 bridgehead atoms. The summed E-state index contributed by atoms with van der Waals surface area (Å²) in [6, 6.07) is 9.69. The van der Waals surface area contributed by atoms with E-state index >= 15 is 0 Å². The Morgan fingerprint density at radius 1 is 1.50 bits per heavy atom. The lowest BCUT2D eigenvalue weighted by atomic mass is 10.2. The minimum atomic E-state index is 0.0665. The number of nitrogens with zero attached hydrogens (tertiary/aromatic N) is 1. The summed E-state index contributed by atoms with van der Waals surface area (Å²) in [5.41, 5.74) is 0.958. The number of nitriles is 1. The molecule has 16 heavy (non-hydrogen) atoms. The maximum absolute atomic E-state index is 8.41. The maximum atomic E-state index is 8.41. The molecule has 86 valence electrons. The standard InChI is InChI=1S/C12H16N2O2/c1-10(9-15-2)14-11-4-3-5-12(8-11)16-7-6-13/h3-5,8,10,14H,7,9H2,1-2H3. The monoisotopic (exact) mass is 220 g/mol. The molecule has 0 heterocycles. The number of nitrogens with one attached hydrogen (secondary N) is 1. The molecule has 1 N–H and O–H groups in total. The van der Waals surface area contributed by atoms with Crippen LogP contribution in [-0.4, -0.2) is 26.4 Å². The quantitative estimate of drug-likeness (QED) is 0.797. The predicted molar refractivity (Wildman–Crippen MR) is 62.5 cm³/mol. The van der Waals surface area contributed by atoms with Gasteiger partial charge in [-0.15, -0.1) is 0 Å². The minimum Gasteiger partial charge on any atom is -0.479 e. The van der Waals surface area contributed by atoms with Crippen molar-refractivity contribution in [3.05, 3.63) is 24.3 Å². The topological polar surface area (TPSA) is 54.3 Å². The molecule has 1 aromatic carbocycles. The first-order valence-corrected chi connectivity index (χ1v) is 5.11. The van der Waals surface area contributed by atoms with Gasteiger partial charge in [0.15, 0.2) is 6.61 Å². The number of hydrogen-bond acceptors (Lipinski definition) is 4. The zero-order chi connectivity index (χ0) is 11.8. The van der Waals surface area contributed by atoms with Crippen LogP contribution >= 0.6 is 0 Å². The smallest absolute Gasteiger partial charge is 0.174 e. The fraction of sp³-hybridized carbons (Fsp3) is 0.417. The van der Waals surface area contributed by atoms with E-state index in [2.05, 4.69) is 5.32 Å². The predicted octanol–water partition coefficient (Wildman–Crippen LogP) is 2.04. The molecular formula is C12H16N2O2. The van der Waals surface area contributed by atoms with Crippen LogP contribution in [0.2, 0.25) is 0 Å². The minimum absolute atomic E-state index is 0.0665. The van der Waals surface area contributed by atoms with Gasteiger partial charge in [-0.2, -0.15) is 5.26 Å². The van der Waals surface area contributed by atoms with E-state index in [1.165, 1.54) is 0 Å². The molecule has 0 aliphatic rings. The third kappa shape index (κ3) is 4.20. The third-order valence-electron chi connectivity index (χ3n) is 1.97. The molecule has 0 radical (unpaired) electrons. The van der Waals surface area contributed by atoms with Gasteiger partial charge in [-0.25, -0.2) is 0 Å². The second kappa shape index (κ2) is 6.70. The summed E-state index contributed by atoms with van der Waals surface area (Å²) in [7, 11) is 1.67. The van der Waals surface area contributed by atoms with Gasteiger partial charge in [0.2, 0.25) is 0 Å². The lowest BCUT2D eigenvalue weighted by Crippen LogP contribution is -2.20. The number of methoxy groups -OCH3 is 1. The fourth-order valence-corrected chi connectivity index (χ4v) is 1.37. The number of benzene rings is 1. The third-order valence-corrected chi connectivity index (χ3v) is 1.97. The fourth-order valence-electron chi connectivity index (χ4n) is 1.37. The van der Waals surface area contributed by atoms with Crippen molar-refractivity contribution in [1.82, 2.24) is 0 Å². The Kier molecular flexibility index (Phi) is 5.17. The summed E-state index contributed by atoms with van der Waals surface area (Å²) in [4.78, 5) is 0. The van der Waals surface area contributed by atoms with Crippen LogP contribution in [0.4, 0.5) is 5.69 Å². The summed E-state index contributed by atoms with van der Waals surface area (Å²) in [6.07, 6.45) is 0. The molecule has 0 fully saturated rings. The molecule has 1 aromatic rings. The molecule has 0 aliphatic heterocycles. The molecule has 4 nitrogen and oxygen atoms in total. The maximum Gasteiger partial charge on any atom is 0.174 e. The number of rotatable bonds is 6. The molecular weight excluding hydrogens is 204 g/mol. The summed E-state index contributed by atoms with van der Waals surface area (Å²) >= 11 is 0. The summed E-state index contributed by atoms with van der Waals surface area (Å²) < 4.78 is 10.2. The van der Waals surface area contributed by atoms with Crippen LogP contribution in [0.25, 0.3) is 0 Å². The van der Waals surface area contributed by atoms with E-state index in [0.29, 0.717) is 12.4 Å². The van der Waals surface area contributed by atoms with Gasteiger partial charge in [0, 0.05) is 24.9 Å². The highest BCUT2D eigenvalue weighted by atomic mass is 16.5. The Bertz CT molecular complexity index is 360. The van der Waals surface area contributed by atoms with Gasteiger partial charge < -0.3 is 14.8 Å².